The fraction of sp³-hybridized carbons (Fsp3) is 0.167. The number of hydrogen-bond acceptors (Lipinski definition) is 6. The second-order valence-electron chi connectivity index (χ2n) is 6.12. The van der Waals surface area contributed by atoms with Crippen LogP contribution < -0.4 is 9.62 Å². The van der Waals surface area contributed by atoms with E-state index in [1.54, 1.807) is 13.1 Å². The number of likely N-dealkylation sites (N-methyl/N-ethyl adjacent to an activating group) is 1. The molecule has 1 aromatic heterocycles. The Morgan fingerprint density at radius 1 is 1.19 bits per heavy atom. The number of carbonyl (C=O) groups excluding carboxylic acids is 1. The van der Waals surface area contributed by atoms with Gasteiger partial charge in [-0.05, 0) is 23.8 Å². The van der Waals surface area contributed by atoms with Gasteiger partial charge in [0.2, 0.25) is 27.6 Å². The highest BCUT2D eigenvalue weighted by molar-refractivity contribution is 7.89. The highest BCUT2D eigenvalue weighted by atomic mass is 32.2. The third-order valence-corrected chi connectivity index (χ3v) is 5.75. The zero-order valence-corrected chi connectivity index (χ0v) is 15.2. The molecule has 0 bridgehead atoms. The molecule has 0 aliphatic carbocycles. The van der Waals surface area contributed by atoms with Gasteiger partial charge >= 0.3 is 0 Å². The van der Waals surface area contributed by atoms with Crippen LogP contribution in [0.1, 0.15) is 11.5 Å². The largest absolute Gasteiger partial charge is 0.338 e. The zero-order valence-electron chi connectivity index (χ0n) is 14.4. The quantitative estimate of drug-likeness (QED) is 0.718. The van der Waals surface area contributed by atoms with E-state index in [4.69, 9.17) is 4.52 Å². The van der Waals surface area contributed by atoms with E-state index in [0.29, 0.717) is 11.4 Å². The molecule has 1 amide bonds. The second kappa shape index (κ2) is 6.60. The molecule has 4 rings (SSSR count). The topological polar surface area (TPSA) is 105 Å². The van der Waals surface area contributed by atoms with E-state index in [9.17, 15) is 13.2 Å². The maximum Gasteiger partial charge on any atom is 0.242 e. The van der Waals surface area contributed by atoms with Gasteiger partial charge in [0.05, 0.1) is 17.9 Å². The van der Waals surface area contributed by atoms with Crippen LogP contribution in [0.2, 0.25) is 0 Å². The van der Waals surface area contributed by atoms with Crippen molar-refractivity contribution in [1.29, 1.82) is 0 Å². The number of nitrogens with zero attached hydrogens (tertiary/aromatic N) is 3. The second-order valence-corrected chi connectivity index (χ2v) is 7.89. The Morgan fingerprint density at radius 3 is 2.74 bits per heavy atom. The highest BCUT2D eigenvalue weighted by Gasteiger charge is 2.26. The molecule has 9 heteroatoms. The minimum absolute atomic E-state index is 0.0631. The molecule has 2 heterocycles. The molecule has 0 unspecified atom stereocenters. The molecule has 0 saturated carbocycles. The maximum atomic E-state index is 12.5. The molecule has 0 saturated heterocycles. The van der Waals surface area contributed by atoms with Gasteiger partial charge in [-0.2, -0.15) is 4.98 Å². The molecular weight excluding hydrogens is 368 g/mol. The molecule has 8 nitrogen and oxygen atoms in total. The van der Waals surface area contributed by atoms with Crippen LogP contribution in [0.5, 0.6) is 0 Å². The van der Waals surface area contributed by atoms with E-state index in [2.05, 4.69) is 14.9 Å². The Kier molecular flexibility index (Phi) is 4.25. The van der Waals surface area contributed by atoms with Crippen molar-refractivity contribution in [3.05, 3.63) is 60.0 Å². The van der Waals surface area contributed by atoms with Gasteiger partial charge in [0.15, 0.2) is 0 Å². The molecule has 1 aliphatic heterocycles. The number of hydrogen-bond donors (Lipinski definition) is 1. The first-order chi connectivity index (χ1) is 12.9. The smallest absolute Gasteiger partial charge is 0.242 e. The summed E-state index contributed by atoms with van der Waals surface area (Å²) in [5.74, 6) is 0.490. The van der Waals surface area contributed by atoms with Crippen molar-refractivity contribution in [1.82, 2.24) is 14.9 Å². The predicted molar refractivity (Wildman–Crippen MR) is 97.3 cm³/mol. The monoisotopic (exact) mass is 384 g/mol. The molecule has 2 aromatic carbocycles. The summed E-state index contributed by atoms with van der Waals surface area (Å²) in [5.41, 5.74) is 2.20. The molecule has 0 radical (unpaired) electrons. The lowest BCUT2D eigenvalue weighted by Gasteiger charge is -2.11. The van der Waals surface area contributed by atoms with Gasteiger partial charge in [0.1, 0.15) is 0 Å². The van der Waals surface area contributed by atoms with Gasteiger partial charge in [0, 0.05) is 18.3 Å². The van der Waals surface area contributed by atoms with Crippen molar-refractivity contribution in [3.63, 3.8) is 0 Å². The van der Waals surface area contributed by atoms with Crippen molar-refractivity contribution in [2.45, 2.75) is 17.9 Å². The summed E-state index contributed by atoms with van der Waals surface area (Å²) in [6.07, 6.45) is 0.194. The fourth-order valence-corrected chi connectivity index (χ4v) is 3.91. The Morgan fingerprint density at radius 2 is 1.96 bits per heavy atom. The van der Waals surface area contributed by atoms with E-state index in [0.717, 1.165) is 11.3 Å². The molecule has 0 fully saturated rings. The van der Waals surface area contributed by atoms with Crippen molar-refractivity contribution >= 4 is 21.6 Å². The van der Waals surface area contributed by atoms with E-state index < -0.39 is 10.0 Å². The Hall–Kier alpha value is -3.04. The Labute approximate surface area is 155 Å². The number of rotatable bonds is 5. The molecule has 27 heavy (non-hydrogen) atoms. The lowest BCUT2D eigenvalue weighted by molar-refractivity contribution is -0.117. The Balaban J connectivity index is 1.49. The first kappa shape index (κ1) is 17.4. The number of carbonyl (C=O) groups is 1. The molecule has 0 atom stereocenters. The Bertz CT molecular complexity index is 1110. The predicted octanol–water partition coefficient (Wildman–Crippen LogP) is 1.73. The molecule has 0 spiro atoms. The average Bonchev–Trinajstić information content (AvgIpc) is 3.26. The zero-order chi connectivity index (χ0) is 19.0. The highest BCUT2D eigenvalue weighted by Crippen LogP contribution is 2.29. The van der Waals surface area contributed by atoms with Gasteiger partial charge in [0.25, 0.3) is 0 Å². The number of anilines is 1. The molecule has 138 valence electrons. The van der Waals surface area contributed by atoms with E-state index in [-0.39, 0.29) is 29.7 Å². The van der Waals surface area contributed by atoms with Crippen LogP contribution in [0.4, 0.5) is 5.69 Å². The van der Waals surface area contributed by atoms with Crippen LogP contribution in [0, 0.1) is 0 Å². The number of benzene rings is 2. The van der Waals surface area contributed by atoms with E-state index in [1.807, 2.05) is 30.3 Å². The molecule has 1 N–H and O–H groups in total. The number of amides is 1. The van der Waals surface area contributed by atoms with Crippen molar-refractivity contribution in [2.24, 2.45) is 0 Å². The third kappa shape index (κ3) is 3.34. The lowest BCUT2D eigenvalue weighted by Crippen LogP contribution is -2.23. The normalized spacial score (nSPS) is 13.8. The average molecular weight is 384 g/mol. The van der Waals surface area contributed by atoms with Crippen molar-refractivity contribution in [2.75, 3.05) is 11.9 Å². The standard InChI is InChI=1S/C18H16N4O4S/c1-22-15-8-7-14(9-13(15)10-17(22)23)27(24,25)19-11-16-20-18(21-26-16)12-5-3-2-4-6-12/h2-9,19H,10-11H2,1H3. The molecular formula is C18H16N4O4S. The summed E-state index contributed by atoms with van der Waals surface area (Å²) in [5, 5.41) is 3.86. The van der Waals surface area contributed by atoms with Crippen LogP contribution in [0.25, 0.3) is 11.4 Å². The van der Waals surface area contributed by atoms with Gasteiger partial charge in [-0.15, -0.1) is 0 Å². The summed E-state index contributed by atoms with van der Waals surface area (Å²) in [6.45, 7) is -0.127. The minimum Gasteiger partial charge on any atom is -0.338 e. The first-order valence-electron chi connectivity index (χ1n) is 8.21. The lowest BCUT2D eigenvalue weighted by atomic mass is 10.2. The van der Waals surface area contributed by atoms with E-state index >= 15 is 0 Å². The third-order valence-electron chi connectivity index (χ3n) is 4.35. The summed E-state index contributed by atoms with van der Waals surface area (Å²) in [7, 11) is -2.11. The van der Waals surface area contributed by atoms with Crippen molar-refractivity contribution < 1.29 is 17.7 Å². The summed E-state index contributed by atoms with van der Waals surface area (Å²) in [4.78, 5) is 17.6. The summed E-state index contributed by atoms with van der Waals surface area (Å²) >= 11 is 0. The fourth-order valence-electron chi connectivity index (χ4n) is 2.88. The van der Waals surface area contributed by atoms with Crippen LogP contribution in [0.3, 0.4) is 0 Å². The minimum atomic E-state index is -3.78. The number of aromatic nitrogens is 2. The van der Waals surface area contributed by atoms with Crippen LogP contribution in [-0.4, -0.2) is 31.5 Å². The maximum absolute atomic E-state index is 12.5. The number of fused-ring (bicyclic) bond motifs is 1. The SMILES string of the molecule is CN1C(=O)Cc2cc(S(=O)(=O)NCc3nc(-c4ccccc4)no3)ccc21. The van der Waals surface area contributed by atoms with Gasteiger partial charge in [-0.3, -0.25) is 4.79 Å². The summed E-state index contributed by atoms with van der Waals surface area (Å²) < 4.78 is 32.7. The van der Waals surface area contributed by atoms with Crippen molar-refractivity contribution in [3.8, 4) is 11.4 Å². The van der Waals surface area contributed by atoms with Crippen LogP contribution >= 0.6 is 0 Å². The van der Waals surface area contributed by atoms with Crippen LogP contribution in [0.15, 0.2) is 57.9 Å². The van der Waals surface area contributed by atoms with Gasteiger partial charge < -0.3 is 9.42 Å². The van der Waals surface area contributed by atoms with Crippen LogP contribution in [-0.2, 0) is 27.8 Å². The molecule has 1 aliphatic rings. The molecule has 3 aromatic rings. The summed E-state index contributed by atoms with van der Waals surface area (Å²) in [6, 6.07) is 13.9. The van der Waals surface area contributed by atoms with Gasteiger partial charge in [-0.1, -0.05) is 35.5 Å². The van der Waals surface area contributed by atoms with Gasteiger partial charge in [-0.25, -0.2) is 13.1 Å². The number of nitrogens with one attached hydrogen (secondary N) is 1. The number of sulfonamides is 1. The van der Waals surface area contributed by atoms with E-state index in [1.165, 1.54) is 17.0 Å². The first-order valence-corrected chi connectivity index (χ1v) is 9.69.